The fourth-order valence-corrected chi connectivity index (χ4v) is 2.60. The van der Waals surface area contributed by atoms with Crippen LogP contribution in [0.2, 0.25) is 0 Å². The Morgan fingerprint density at radius 1 is 0.839 bits per heavy atom. The summed E-state index contributed by atoms with van der Waals surface area (Å²) < 4.78 is 0. The highest BCUT2D eigenvalue weighted by atomic mass is 14.7. The first kappa shape index (κ1) is 33.0. The largest absolute Gasteiger partial charge is 0.399 e. The van der Waals surface area contributed by atoms with Gasteiger partial charge in [0.25, 0.3) is 0 Å². The molecule has 1 atom stereocenters. The number of benzene rings is 2. The lowest BCUT2D eigenvalue weighted by molar-refractivity contribution is 0.565. The third-order valence-corrected chi connectivity index (χ3v) is 4.36. The van der Waals surface area contributed by atoms with Crippen molar-refractivity contribution in [1.29, 1.82) is 0 Å². The molecule has 2 heteroatoms. The number of aliphatic imine (C=N–C) groups is 1. The van der Waals surface area contributed by atoms with Gasteiger partial charge in [-0.2, -0.15) is 0 Å². The highest BCUT2D eigenvalue weighted by Gasteiger charge is 2.20. The smallest absolute Gasteiger partial charge is 0.0314 e. The van der Waals surface area contributed by atoms with E-state index in [0.717, 1.165) is 12.1 Å². The van der Waals surface area contributed by atoms with Crippen molar-refractivity contribution < 1.29 is 0 Å². The fourth-order valence-electron chi connectivity index (χ4n) is 2.60. The molecule has 0 fully saturated rings. The third-order valence-electron chi connectivity index (χ3n) is 4.36. The second kappa shape index (κ2) is 19.4. The summed E-state index contributed by atoms with van der Waals surface area (Å²) in [5, 5.41) is 0. The van der Waals surface area contributed by atoms with Crippen molar-refractivity contribution in [2.75, 3.05) is 12.8 Å². The number of rotatable bonds is 3. The van der Waals surface area contributed by atoms with E-state index in [4.69, 9.17) is 5.73 Å². The Morgan fingerprint density at radius 3 is 1.48 bits per heavy atom. The topological polar surface area (TPSA) is 38.4 Å². The van der Waals surface area contributed by atoms with Crippen molar-refractivity contribution in [1.82, 2.24) is 0 Å². The van der Waals surface area contributed by atoms with Gasteiger partial charge in [0.1, 0.15) is 0 Å². The van der Waals surface area contributed by atoms with Crippen LogP contribution in [0.1, 0.15) is 70.6 Å². The van der Waals surface area contributed by atoms with Crippen LogP contribution < -0.4 is 5.73 Å². The standard InChI is InChI=1S/C15H24N2.C8H10.C2H6.2C2H4/c1-11(10-14(17-5)15(2,3)4)12-6-8-13(16)9-7-12;1-7-3-5-8(2)6-4-7;3*1-2/h6-9,11H,10,16H2,1-5H3;3-6H,1-2H3;1-2H3;2*1-2H2. The second-order valence-electron chi connectivity index (χ2n) is 7.85. The van der Waals surface area contributed by atoms with Crippen molar-refractivity contribution in [3.63, 3.8) is 0 Å². The molecule has 174 valence electrons. The monoisotopic (exact) mass is 424 g/mol. The van der Waals surface area contributed by atoms with Gasteiger partial charge in [0.15, 0.2) is 0 Å². The first-order chi connectivity index (χ1) is 14.6. The molecule has 0 bridgehead atoms. The van der Waals surface area contributed by atoms with Crippen LogP contribution >= 0.6 is 0 Å². The number of hydrogen-bond acceptors (Lipinski definition) is 2. The predicted octanol–water partition coefficient (Wildman–Crippen LogP) is 8.81. The van der Waals surface area contributed by atoms with Gasteiger partial charge in [0.05, 0.1) is 0 Å². The summed E-state index contributed by atoms with van der Waals surface area (Å²) in [6.07, 6.45) is 1.00. The number of nitrogen functional groups attached to an aromatic ring is 1. The molecular formula is C29H48N2. The van der Waals surface area contributed by atoms with Gasteiger partial charge in [0.2, 0.25) is 0 Å². The van der Waals surface area contributed by atoms with Gasteiger partial charge in [-0.1, -0.05) is 89.1 Å². The maximum atomic E-state index is 5.70. The quantitative estimate of drug-likeness (QED) is 0.298. The molecule has 0 radical (unpaired) electrons. The molecule has 0 aliphatic rings. The minimum atomic E-state index is 0.150. The van der Waals surface area contributed by atoms with E-state index < -0.39 is 0 Å². The first-order valence-corrected chi connectivity index (χ1v) is 11.0. The first-order valence-electron chi connectivity index (χ1n) is 11.0. The van der Waals surface area contributed by atoms with Crippen molar-refractivity contribution in [2.45, 2.75) is 67.7 Å². The summed E-state index contributed by atoms with van der Waals surface area (Å²) in [7, 11) is 1.89. The summed E-state index contributed by atoms with van der Waals surface area (Å²) in [5.74, 6) is 0.480. The molecule has 2 aromatic carbocycles. The van der Waals surface area contributed by atoms with E-state index in [1.807, 2.05) is 33.0 Å². The predicted molar refractivity (Wildman–Crippen MR) is 146 cm³/mol. The molecule has 0 aromatic heterocycles. The second-order valence-corrected chi connectivity index (χ2v) is 7.85. The van der Waals surface area contributed by atoms with Crippen molar-refractivity contribution in [3.05, 3.63) is 91.5 Å². The Kier molecular flexibility index (Phi) is 20.6. The normalized spacial score (nSPS) is 10.9. The lowest BCUT2D eigenvalue weighted by atomic mass is 9.83. The zero-order valence-electron chi connectivity index (χ0n) is 21.8. The van der Waals surface area contributed by atoms with E-state index >= 15 is 0 Å². The molecule has 0 aliphatic heterocycles. The zero-order chi connectivity index (χ0) is 25.0. The van der Waals surface area contributed by atoms with Crippen LogP contribution in [0.15, 0.2) is 79.8 Å². The summed E-state index contributed by atoms with van der Waals surface area (Å²) in [6, 6.07) is 16.6. The Bertz CT molecular complexity index is 666. The SMILES string of the molecule is C=C.C=C.CC.CN=C(CC(C)c1ccc(N)cc1)C(C)(C)C.Cc1ccc(C)cc1. The number of anilines is 1. The van der Waals surface area contributed by atoms with Crippen LogP contribution in [-0.2, 0) is 0 Å². The molecular weight excluding hydrogens is 376 g/mol. The third kappa shape index (κ3) is 15.8. The van der Waals surface area contributed by atoms with E-state index in [2.05, 4.69) is 109 Å². The molecule has 2 rings (SSSR count). The lowest BCUT2D eigenvalue weighted by Crippen LogP contribution is -2.22. The molecule has 0 spiro atoms. The molecule has 0 aliphatic carbocycles. The highest BCUT2D eigenvalue weighted by Crippen LogP contribution is 2.27. The Morgan fingerprint density at radius 2 is 1.19 bits per heavy atom. The van der Waals surface area contributed by atoms with Crippen LogP contribution in [0.4, 0.5) is 5.69 Å². The van der Waals surface area contributed by atoms with Gasteiger partial charge in [-0.25, -0.2) is 0 Å². The average Bonchev–Trinajstić information content (AvgIpc) is 2.78. The Hall–Kier alpha value is -2.61. The summed E-state index contributed by atoms with van der Waals surface area (Å²) >= 11 is 0. The van der Waals surface area contributed by atoms with E-state index in [1.165, 1.54) is 22.4 Å². The average molecular weight is 425 g/mol. The Balaban J connectivity index is -0.000000466. The molecule has 1 unspecified atom stereocenters. The zero-order valence-corrected chi connectivity index (χ0v) is 21.8. The molecule has 2 N–H and O–H groups in total. The molecule has 0 heterocycles. The number of nitrogens with two attached hydrogens (primary N) is 1. The van der Waals surface area contributed by atoms with E-state index in [9.17, 15) is 0 Å². The molecule has 31 heavy (non-hydrogen) atoms. The van der Waals surface area contributed by atoms with Gasteiger partial charge in [-0.15, -0.1) is 26.3 Å². The summed E-state index contributed by atoms with van der Waals surface area (Å²) in [6.45, 7) is 29.1. The van der Waals surface area contributed by atoms with E-state index in [-0.39, 0.29) is 5.41 Å². The van der Waals surface area contributed by atoms with Gasteiger partial charge in [-0.3, -0.25) is 4.99 Å². The summed E-state index contributed by atoms with van der Waals surface area (Å²) in [5.41, 5.74) is 11.9. The van der Waals surface area contributed by atoms with Crippen LogP contribution in [0.5, 0.6) is 0 Å². The number of aryl methyl sites for hydroxylation is 2. The van der Waals surface area contributed by atoms with Crippen LogP contribution in [-0.4, -0.2) is 12.8 Å². The summed E-state index contributed by atoms with van der Waals surface area (Å²) in [4.78, 5) is 4.43. The minimum Gasteiger partial charge on any atom is -0.399 e. The van der Waals surface area contributed by atoms with Gasteiger partial charge in [-0.05, 0) is 49.3 Å². The van der Waals surface area contributed by atoms with Crippen LogP contribution in [0.3, 0.4) is 0 Å². The number of hydrogen-bond donors (Lipinski definition) is 1. The molecule has 0 saturated carbocycles. The lowest BCUT2D eigenvalue weighted by Gasteiger charge is -2.24. The Labute approximate surface area is 194 Å². The molecule has 2 nitrogen and oxygen atoms in total. The van der Waals surface area contributed by atoms with E-state index in [1.54, 1.807) is 0 Å². The fraction of sp³-hybridized carbons (Fsp3) is 0.414. The highest BCUT2D eigenvalue weighted by molar-refractivity contribution is 5.89. The van der Waals surface area contributed by atoms with Crippen molar-refractivity contribution in [3.8, 4) is 0 Å². The van der Waals surface area contributed by atoms with E-state index in [0.29, 0.717) is 5.92 Å². The minimum absolute atomic E-state index is 0.150. The maximum absolute atomic E-state index is 5.70. The van der Waals surface area contributed by atoms with Crippen molar-refractivity contribution >= 4 is 11.4 Å². The molecule has 0 saturated heterocycles. The van der Waals surface area contributed by atoms with Crippen LogP contribution in [0.25, 0.3) is 0 Å². The van der Waals surface area contributed by atoms with Gasteiger partial charge < -0.3 is 5.73 Å². The molecule has 0 amide bonds. The number of nitrogens with zero attached hydrogens (tertiary/aromatic N) is 1. The van der Waals surface area contributed by atoms with Crippen LogP contribution in [0, 0.1) is 19.3 Å². The van der Waals surface area contributed by atoms with Crippen molar-refractivity contribution in [2.24, 2.45) is 10.4 Å². The van der Waals surface area contributed by atoms with Gasteiger partial charge in [0, 0.05) is 18.4 Å². The maximum Gasteiger partial charge on any atom is 0.0314 e. The van der Waals surface area contributed by atoms with Gasteiger partial charge >= 0.3 is 0 Å². The molecule has 2 aromatic rings.